The van der Waals surface area contributed by atoms with Crippen LogP contribution in [0.4, 0.5) is 18.0 Å². The normalized spacial score (nSPS) is 22.6. The number of rotatable bonds is 1. The molecule has 1 N–H and O–H groups in total. The van der Waals surface area contributed by atoms with Crippen molar-refractivity contribution in [1.82, 2.24) is 10.2 Å². The Bertz CT molecular complexity index is 463. The van der Waals surface area contributed by atoms with Crippen molar-refractivity contribution in [2.45, 2.75) is 51.1 Å². The lowest BCUT2D eigenvalue weighted by Crippen LogP contribution is -2.45. The minimum atomic E-state index is -4.97. The summed E-state index contributed by atoms with van der Waals surface area (Å²) in [7, 11) is 0. The van der Waals surface area contributed by atoms with Gasteiger partial charge >= 0.3 is 18.2 Å². The minimum absolute atomic E-state index is 0.0531. The van der Waals surface area contributed by atoms with Gasteiger partial charge in [0.25, 0.3) is 0 Å². The third-order valence-electron chi connectivity index (χ3n) is 2.71. The summed E-state index contributed by atoms with van der Waals surface area (Å²) >= 11 is 0. The maximum Gasteiger partial charge on any atom is 0.471 e. The summed E-state index contributed by atoms with van der Waals surface area (Å²) in [6, 6.07) is -1.56. The lowest BCUT2D eigenvalue weighted by atomic mass is 10.2. The molecule has 2 atom stereocenters. The topological polar surface area (TPSA) is 58.6 Å². The Morgan fingerprint density at radius 1 is 1.33 bits per heavy atom. The Labute approximate surface area is 120 Å². The predicted molar refractivity (Wildman–Crippen MR) is 68.2 cm³/mol. The Morgan fingerprint density at radius 2 is 1.90 bits per heavy atom. The molecule has 1 fully saturated rings. The zero-order valence-electron chi connectivity index (χ0n) is 12.0. The van der Waals surface area contributed by atoms with Crippen molar-refractivity contribution in [2.75, 3.05) is 6.54 Å². The van der Waals surface area contributed by atoms with Gasteiger partial charge in [0.05, 0.1) is 6.04 Å². The number of nitrogens with one attached hydrogen (secondary N) is 1. The number of nitrogens with zero attached hydrogens (tertiary/aromatic N) is 1. The average molecular weight is 306 g/mol. The number of hydrogen-bond donors (Lipinski definition) is 1. The van der Waals surface area contributed by atoms with Crippen LogP contribution in [0.2, 0.25) is 0 Å². The molecule has 0 aromatic heterocycles. The van der Waals surface area contributed by atoms with Gasteiger partial charge in [-0.3, -0.25) is 9.69 Å². The van der Waals surface area contributed by atoms with Gasteiger partial charge in [0, 0.05) is 19.0 Å². The third kappa shape index (κ3) is 4.85. The highest BCUT2D eigenvalue weighted by molar-refractivity contribution is 5.82. The smallest absolute Gasteiger partial charge is 0.444 e. The number of amides is 2. The largest absolute Gasteiger partial charge is 0.471 e. The minimum Gasteiger partial charge on any atom is -0.444 e. The molecule has 0 bridgehead atoms. The number of carbonyl (C=O) groups excluding carboxylic acids is 2. The number of hydrogen-bond acceptors (Lipinski definition) is 3. The van der Waals surface area contributed by atoms with E-state index in [1.54, 1.807) is 20.8 Å². The van der Waals surface area contributed by atoms with Crippen LogP contribution in [0.25, 0.3) is 0 Å². The second kappa shape index (κ2) is 5.84. The fourth-order valence-electron chi connectivity index (χ4n) is 1.89. The molecule has 118 valence electrons. The molecule has 1 aliphatic rings. The summed E-state index contributed by atoms with van der Waals surface area (Å²) in [5, 5.41) is 1.82. The summed E-state index contributed by atoms with van der Waals surface area (Å²) in [6.45, 7) is 4.86. The molecule has 1 heterocycles. The van der Waals surface area contributed by atoms with E-state index in [9.17, 15) is 22.8 Å². The van der Waals surface area contributed by atoms with Crippen molar-refractivity contribution in [3.8, 4) is 12.3 Å². The van der Waals surface area contributed by atoms with Crippen LogP contribution in [0.3, 0.4) is 0 Å². The van der Waals surface area contributed by atoms with Gasteiger partial charge in [0.2, 0.25) is 0 Å². The molecule has 1 saturated heterocycles. The summed E-state index contributed by atoms with van der Waals surface area (Å²) in [5.74, 6) is 0.268. The predicted octanol–water partition coefficient (Wildman–Crippen LogP) is 1.68. The highest BCUT2D eigenvalue weighted by Crippen LogP contribution is 2.22. The zero-order valence-corrected chi connectivity index (χ0v) is 12.0. The van der Waals surface area contributed by atoms with Crippen molar-refractivity contribution in [2.24, 2.45) is 0 Å². The van der Waals surface area contributed by atoms with Crippen molar-refractivity contribution in [3.05, 3.63) is 0 Å². The SMILES string of the molecule is C#C[C@H]1C[C@@H](NC(=O)C(F)(F)F)CN1C(=O)OC(C)(C)C. The Balaban J connectivity index is 2.71. The van der Waals surface area contributed by atoms with E-state index in [1.165, 1.54) is 0 Å². The van der Waals surface area contributed by atoms with E-state index < -0.39 is 35.9 Å². The van der Waals surface area contributed by atoms with Crippen LogP contribution in [-0.2, 0) is 9.53 Å². The standard InChI is InChI=1S/C13H17F3N2O3/c1-5-9-6-8(17-10(19)13(14,15)16)7-18(9)11(20)21-12(2,3)4/h1,8-9H,6-7H2,2-4H3,(H,17,19)/t8-,9+/m1/s1. The van der Waals surface area contributed by atoms with Gasteiger partial charge in [0.15, 0.2) is 0 Å². The maximum absolute atomic E-state index is 12.2. The molecule has 0 aromatic carbocycles. The molecule has 0 aromatic rings. The average Bonchev–Trinajstić information content (AvgIpc) is 2.68. The number of carbonyl (C=O) groups is 2. The molecule has 8 heteroatoms. The molecule has 2 amide bonds. The second-order valence-electron chi connectivity index (χ2n) is 5.72. The van der Waals surface area contributed by atoms with Gasteiger partial charge in [-0.1, -0.05) is 5.92 Å². The van der Waals surface area contributed by atoms with Crippen LogP contribution in [0.1, 0.15) is 27.2 Å². The van der Waals surface area contributed by atoms with E-state index in [0.29, 0.717) is 0 Å². The van der Waals surface area contributed by atoms with E-state index in [-0.39, 0.29) is 13.0 Å². The van der Waals surface area contributed by atoms with E-state index >= 15 is 0 Å². The summed E-state index contributed by atoms with van der Waals surface area (Å²) in [6.07, 6.45) is -0.358. The fourth-order valence-corrected chi connectivity index (χ4v) is 1.89. The van der Waals surface area contributed by atoms with E-state index in [4.69, 9.17) is 11.2 Å². The first-order chi connectivity index (χ1) is 9.44. The van der Waals surface area contributed by atoms with Gasteiger partial charge in [-0.15, -0.1) is 6.42 Å². The van der Waals surface area contributed by atoms with Crippen LogP contribution >= 0.6 is 0 Å². The van der Waals surface area contributed by atoms with Gasteiger partial charge in [-0.25, -0.2) is 4.79 Å². The summed E-state index contributed by atoms with van der Waals surface area (Å²) in [4.78, 5) is 24.0. The third-order valence-corrected chi connectivity index (χ3v) is 2.71. The Morgan fingerprint density at radius 3 is 2.33 bits per heavy atom. The first-order valence-corrected chi connectivity index (χ1v) is 6.27. The number of halogens is 3. The van der Waals surface area contributed by atoms with Crippen LogP contribution in [0, 0.1) is 12.3 Å². The van der Waals surface area contributed by atoms with Crippen molar-refractivity contribution in [3.63, 3.8) is 0 Å². The fraction of sp³-hybridized carbons (Fsp3) is 0.692. The molecule has 1 aliphatic heterocycles. The quantitative estimate of drug-likeness (QED) is 0.750. The molecular formula is C13H17F3N2O3. The van der Waals surface area contributed by atoms with Gasteiger partial charge < -0.3 is 10.1 Å². The first kappa shape index (κ1) is 17.1. The highest BCUT2D eigenvalue weighted by Gasteiger charge is 2.43. The van der Waals surface area contributed by atoms with Crippen LogP contribution in [-0.4, -0.2) is 47.3 Å². The highest BCUT2D eigenvalue weighted by atomic mass is 19.4. The Hall–Kier alpha value is -1.91. The molecule has 21 heavy (non-hydrogen) atoms. The first-order valence-electron chi connectivity index (χ1n) is 6.27. The second-order valence-corrected chi connectivity index (χ2v) is 5.72. The monoisotopic (exact) mass is 306 g/mol. The molecular weight excluding hydrogens is 289 g/mol. The number of alkyl halides is 3. The zero-order chi connectivity index (χ0) is 16.4. The van der Waals surface area contributed by atoms with Crippen LogP contribution in [0.5, 0.6) is 0 Å². The van der Waals surface area contributed by atoms with Gasteiger partial charge in [-0.05, 0) is 20.8 Å². The molecule has 0 saturated carbocycles. The van der Waals surface area contributed by atoms with Crippen molar-refractivity contribution in [1.29, 1.82) is 0 Å². The Kier molecular flexibility index (Phi) is 4.76. The van der Waals surface area contributed by atoms with Crippen molar-refractivity contribution >= 4 is 12.0 Å². The molecule has 1 rings (SSSR count). The maximum atomic E-state index is 12.2. The number of ether oxygens (including phenoxy) is 1. The van der Waals surface area contributed by atoms with Crippen molar-refractivity contribution < 1.29 is 27.5 Å². The van der Waals surface area contributed by atoms with Gasteiger partial charge in [0.1, 0.15) is 5.60 Å². The molecule has 0 radical (unpaired) electrons. The van der Waals surface area contributed by atoms with Gasteiger partial charge in [-0.2, -0.15) is 13.2 Å². The summed E-state index contributed by atoms with van der Waals surface area (Å²) in [5.41, 5.74) is -0.746. The number of terminal acetylenes is 1. The van der Waals surface area contributed by atoms with E-state index in [0.717, 1.165) is 4.90 Å². The molecule has 5 nitrogen and oxygen atoms in total. The molecule has 0 unspecified atom stereocenters. The van der Waals surface area contributed by atoms with E-state index in [2.05, 4.69) is 5.92 Å². The lowest BCUT2D eigenvalue weighted by Gasteiger charge is -2.26. The summed E-state index contributed by atoms with van der Waals surface area (Å²) < 4.78 is 41.7. The van der Waals surface area contributed by atoms with Crippen LogP contribution in [0.15, 0.2) is 0 Å². The lowest BCUT2D eigenvalue weighted by molar-refractivity contribution is -0.174. The molecule has 0 aliphatic carbocycles. The number of likely N-dealkylation sites (tertiary alicyclic amines) is 1. The van der Waals surface area contributed by atoms with E-state index in [1.807, 2.05) is 5.32 Å². The van der Waals surface area contributed by atoms with Crippen LogP contribution < -0.4 is 5.32 Å². The molecule has 0 spiro atoms.